The molecule has 37 heavy (non-hydrogen) atoms. The molecular weight excluding hydrogens is 502 g/mol. The van der Waals surface area contributed by atoms with Crippen LogP contribution in [0.4, 0.5) is 26.7 Å². The molecule has 192 valence electrons. The van der Waals surface area contributed by atoms with Crippen LogP contribution < -0.4 is 15.5 Å². The molecule has 12 heteroatoms. The van der Waals surface area contributed by atoms with Crippen LogP contribution in [0.1, 0.15) is 12.5 Å². The van der Waals surface area contributed by atoms with Gasteiger partial charge in [0.15, 0.2) is 0 Å². The standard InChI is InChI=1S/C25H24ClN5O6/c1-3-17-4-6-18(7-5-17)27-24(34)30-13-20(37-16(2)32)14-31(30)25(35)28-19-8-9-22(21(26)12-19)29-10-11-36-15-23(29)33/h1,4-9,12,20H,10-11,13-15H2,2H3,(H,27,34)(H,28,35). The molecule has 1 unspecified atom stereocenters. The average Bonchev–Trinajstić information content (AvgIpc) is 3.29. The summed E-state index contributed by atoms with van der Waals surface area (Å²) < 4.78 is 10.4. The molecule has 2 aliphatic heterocycles. The Labute approximate surface area is 218 Å². The second-order valence-electron chi connectivity index (χ2n) is 8.24. The van der Waals surface area contributed by atoms with Crippen LogP contribution in [-0.4, -0.2) is 72.9 Å². The van der Waals surface area contributed by atoms with E-state index in [1.54, 1.807) is 36.4 Å². The number of anilines is 3. The number of terminal acetylenes is 1. The highest BCUT2D eigenvalue weighted by molar-refractivity contribution is 6.34. The molecule has 0 radical (unpaired) electrons. The van der Waals surface area contributed by atoms with Crippen molar-refractivity contribution in [1.29, 1.82) is 0 Å². The fourth-order valence-electron chi connectivity index (χ4n) is 3.94. The van der Waals surface area contributed by atoms with Gasteiger partial charge in [-0.15, -0.1) is 6.42 Å². The van der Waals surface area contributed by atoms with Gasteiger partial charge in [-0.25, -0.2) is 19.6 Å². The first kappa shape index (κ1) is 25.8. The second kappa shape index (κ2) is 11.2. The van der Waals surface area contributed by atoms with Crippen LogP contribution >= 0.6 is 11.6 Å². The van der Waals surface area contributed by atoms with Gasteiger partial charge in [0.25, 0.3) is 5.91 Å². The number of nitrogens with one attached hydrogen (secondary N) is 2. The van der Waals surface area contributed by atoms with Crippen LogP contribution in [0.3, 0.4) is 0 Å². The molecule has 1 atom stereocenters. The number of ether oxygens (including phenoxy) is 2. The Kier molecular flexibility index (Phi) is 7.81. The average molecular weight is 526 g/mol. The first-order valence-corrected chi connectivity index (χ1v) is 11.7. The van der Waals surface area contributed by atoms with Crippen molar-refractivity contribution in [3.63, 3.8) is 0 Å². The Morgan fingerprint density at radius 1 is 1.05 bits per heavy atom. The maximum Gasteiger partial charge on any atom is 0.340 e. The summed E-state index contributed by atoms with van der Waals surface area (Å²) in [6.07, 6.45) is 4.65. The number of halogens is 1. The SMILES string of the molecule is C#Cc1ccc(NC(=O)N2CC(OC(C)=O)CN2C(=O)Nc2ccc(N3CCOCC3=O)c(Cl)c2)cc1. The van der Waals surface area contributed by atoms with E-state index in [1.165, 1.54) is 17.9 Å². The molecule has 2 aliphatic rings. The van der Waals surface area contributed by atoms with Crippen LogP contribution in [0.15, 0.2) is 42.5 Å². The molecular formula is C25H24ClN5O6. The molecule has 0 saturated carbocycles. The molecule has 2 fully saturated rings. The number of rotatable bonds is 4. The monoisotopic (exact) mass is 525 g/mol. The minimum atomic E-state index is -0.712. The maximum atomic E-state index is 13.2. The largest absolute Gasteiger partial charge is 0.459 e. The minimum absolute atomic E-state index is 0.0277. The van der Waals surface area contributed by atoms with Crippen molar-refractivity contribution in [2.75, 3.05) is 48.4 Å². The highest BCUT2D eigenvalue weighted by Crippen LogP contribution is 2.30. The summed E-state index contributed by atoms with van der Waals surface area (Å²) in [4.78, 5) is 51.3. The van der Waals surface area contributed by atoms with Gasteiger partial charge in [0, 0.05) is 30.4 Å². The number of hydrogen-bond acceptors (Lipinski definition) is 6. The normalized spacial score (nSPS) is 17.3. The van der Waals surface area contributed by atoms with E-state index in [-0.39, 0.29) is 30.6 Å². The quantitative estimate of drug-likeness (QED) is 0.468. The van der Waals surface area contributed by atoms with Gasteiger partial charge in [0.2, 0.25) is 0 Å². The van der Waals surface area contributed by atoms with Gasteiger partial charge in [-0.05, 0) is 42.5 Å². The second-order valence-corrected chi connectivity index (χ2v) is 8.65. The lowest BCUT2D eigenvalue weighted by Crippen LogP contribution is -2.48. The zero-order valence-electron chi connectivity index (χ0n) is 19.9. The molecule has 2 aromatic carbocycles. The lowest BCUT2D eigenvalue weighted by Gasteiger charge is -2.28. The van der Waals surface area contributed by atoms with E-state index in [0.29, 0.717) is 35.8 Å². The van der Waals surface area contributed by atoms with E-state index in [9.17, 15) is 19.2 Å². The third kappa shape index (κ3) is 6.11. The third-order valence-corrected chi connectivity index (χ3v) is 5.93. The van der Waals surface area contributed by atoms with Gasteiger partial charge in [-0.2, -0.15) is 0 Å². The van der Waals surface area contributed by atoms with Gasteiger partial charge >= 0.3 is 18.0 Å². The van der Waals surface area contributed by atoms with E-state index in [2.05, 4.69) is 16.6 Å². The molecule has 0 spiro atoms. The van der Waals surface area contributed by atoms with E-state index in [1.807, 2.05) is 0 Å². The van der Waals surface area contributed by atoms with Crippen LogP contribution in [0.5, 0.6) is 0 Å². The number of hydrogen-bond donors (Lipinski definition) is 2. The highest BCUT2D eigenvalue weighted by Gasteiger charge is 2.39. The van der Waals surface area contributed by atoms with Crippen molar-refractivity contribution in [3.8, 4) is 12.3 Å². The van der Waals surface area contributed by atoms with Gasteiger partial charge < -0.3 is 25.0 Å². The van der Waals surface area contributed by atoms with Gasteiger partial charge in [-0.3, -0.25) is 9.59 Å². The molecule has 4 rings (SSSR count). The summed E-state index contributed by atoms with van der Waals surface area (Å²) in [5, 5.41) is 7.96. The van der Waals surface area contributed by atoms with E-state index in [4.69, 9.17) is 27.5 Å². The predicted octanol–water partition coefficient (Wildman–Crippen LogP) is 2.91. The zero-order valence-corrected chi connectivity index (χ0v) is 20.7. The Bertz CT molecular complexity index is 1260. The van der Waals surface area contributed by atoms with Crippen molar-refractivity contribution in [2.45, 2.75) is 13.0 Å². The summed E-state index contributed by atoms with van der Waals surface area (Å²) in [6, 6.07) is 10.1. The van der Waals surface area contributed by atoms with Crippen molar-refractivity contribution >= 4 is 52.6 Å². The summed E-state index contributed by atoms with van der Waals surface area (Å²) in [5.41, 5.74) is 1.97. The Hall–Kier alpha value is -4.27. The highest BCUT2D eigenvalue weighted by atomic mass is 35.5. The summed E-state index contributed by atoms with van der Waals surface area (Å²) in [6.45, 7) is 1.92. The smallest absolute Gasteiger partial charge is 0.340 e. The number of morpholine rings is 1. The van der Waals surface area contributed by atoms with E-state index < -0.39 is 24.1 Å². The Morgan fingerprint density at radius 2 is 1.68 bits per heavy atom. The van der Waals surface area contributed by atoms with Crippen molar-refractivity contribution in [3.05, 3.63) is 53.1 Å². The molecule has 11 nitrogen and oxygen atoms in total. The fraction of sp³-hybridized carbons (Fsp3) is 0.280. The predicted molar refractivity (Wildman–Crippen MR) is 136 cm³/mol. The lowest BCUT2D eigenvalue weighted by molar-refractivity contribution is -0.145. The van der Waals surface area contributed by atoms with Crippen LogP contribution in [0, 0.1) is 12.3 Å². The van der Waals surface area contributed by atoms with Crippen molar-refractivity contribution < 1.29 is 28.7 Å². The fourth-order valence-corrected chi connectivity index (χ4v) is 4.22. The maximum absolute atomic E-state index is 13.2. The number of nitrogens with zero attached hydrogens (tertiary/aromatic N) is 3. The molecule has 0 aliphatic carbocycles. The Balaban J connectivity index is 1.48. The number of benzene rings is 2. The summed E-state index contributed by atoms with van der Waals surface area (Å²) >= 11 is 6.40. The number of carbonyl (C=O) groups is 4. The van der Waals surface area contributed by atoms with Crippen molar-refractivity contribution in [2.24, 2.45) is 0 Å². The molecule has 2 heterocycles. The minimum Gasteiger partial charge on any atom is -0.459 e. The molecule has 5 amide bonds. The van der Waals surface area contributed by atoms with Crippen LogP contribution in [0.25, 0.3) is 0 Å². The van der Waals surface area contributed by atoms with Gasteiger partial charge in [0.05, 0.1) is 30.4 Å². The molecule has 2 N–H and O–H groups in total. The van der Waals surface area contributed by atoms with Crippen LogP contribution in [0.2, 0.25) is 5.02 Å². The van der Waals surface area contributed by atoms with Gasteiger partial charge in [0.1, 0.15) is 12.7 Å². The summed E-state index contributed by atoms with van der Waals surface area (Å²) in [5.74, 6) is 1.75. The first-order chi connectivity index (χ1) is 17.7. The molecule has 2 aromatic rings. The van der Waals surface area contributed by atoms with E-state index >= 15 is 0 Å². The first-order valence-electron chi connectivity index (χ1n) is 11.3. The molecule has 2 saturated heterocycles. The number of esters is 1. The van der Waals surface area contributed by atoms with Crippen molar-refractivity contribution in [1.82, 2.24) is 10.0 Å². The van der Waals surface area contributed by atoms with Crippen LogP contribution in [-0.2, 0) is 19.1 Å². The number of amides is 5. The number of hydrazine groups is 1. The zero-order chi connectivity index (χ0) is 26.5. The Morgan fingerprint density at radius 3 is 2.24 bits per heavy atom. The third-order valence-electron chi connectivity index (χ3n) is 5.62. The van der Waals surface area contributed by atoms with E-state index in [0.717, 1.165) is 10.0 Å². The lowest BCUT2D eigenvalue weighted by atomic mass is 10.2. The molecule has 0 aromatic heterocycles. The number of carbonyl (C=O) groups excluding carboxylic acids is 4. The topological polar surface area (TPSA) is 121 Å². The van der Waals surface area contributed by atoms with Gasteiger partial charge in [-0.1, -0.05) is 17.5 Å². The summed E-state index contributed by atoms with van der Waals surface area (Å²) in [7, 11) is 0. The molecule has 0 bridgehead atoms. The number of urea groups is 2.